The summed E-state index contributed by atoms with van der Waals surface area (Å²) in [7, 11) is -9.75. The van der Waals surface area contributed by atoms with Crippen LogP contribution < -0.4 is 16.0 Å². The average Bonchev–Trinajstić information content (AvgIpc) is 3.24. The van der Waals surface area contributed by atoms with E-state index in [4.69, 9.17) is 14.2 Å². The molecule has 2 aromatic rings. The SMILES string of the molecule is COc1ccc(-c2cn([C@@H]3OC(COP(=O)(O)OP(=O)(O)O[C@H]4O[C@H](CO)[C@H](O)[C@H](O)[C@H]4O)[C@H](O)C3O)c(=O)[nH]c2=O)cc1. The molecule has 0 spiro atoms. The number of hydrogen-bond acceptors (Lipinski definition) is 16. The topological polar surface area (TPSA) is 306 Å². The lowest BCUT2D eigenvalue weighted by Gasteiger charge is -2.39. The van der Waals surface area contributed by atoms with Gasteiger partial charge in [0.25, 0.3) is 5.56 Å². The Kier molecular flexibility index (Phi) is 10.6. The van der Waals surface area contributed by atoms with E-state index in [0.717, 1.165) is 10.8 Å². The van der Waals surface area contributed by atoms with Gasteiger partial charge in [-0.05, 0) is 17.7 Å². The van der Waals surface area contributed by atoms with Gasteiger partial charge in [-0.2, -0.15) is 4.31 Å². The van der Waals surface area contributed by atoms with E-state index in [9.17, 15) is 59.1 Å². The van der Waals surface area contributed by atoms with Crippen LogP contribution in [-0.2, 0) is 32.0 Å². The van der Waals surface area contributed by atoms with Crippen molar-refractivity contribution in [3.05, 3.63) is 51.3 Å². The molecule has 0 bridgehead atoms. The molecule has 20 nitrogen and oxygen atoms in total. The Bertz CT molecular complexity index is 1510. The summed E-state index contributed by atoms with van der Waals surface area (Å²) in [5, 5.41) is 59.7. The molecule has 1 aromatic carbocycles. The maximum absolute atomic E-state index is 12.5. The van der Waals surface area contributed by atoms with Gasteiger partial charge in [0.15, 0.2) is 12.5 Å². The molecule has 2 aliphatic heterocycles. The van der Waals surface area contributed by atoms with Crippen LogP contribution in [-0.4, -0.2) is 119 Å². The Morgan fingerprint density at radius 1 is 0.886 bits per heavy atom. The summed E-state index contributed by atoms with van der Waals surface area (Å²) in [5.74, 6) is 0.488. The molecule has 246 valence electrons. The van der Waals surface area contributed by atoms with Gasteiger partial charge in [-0.1, -0.05) is 12.1 Å². The number of nitrogens with zero attached hydrogens (tertiary/aromatic N) is 1. The molecule has 3 heterocycles. The molecule has 2 saturated heterocycles. The number of benzene rings is 1. The van der Waals surface area contributed by atoms with Gasteiger partial charge in [-0.25, -0.2) is 13.9 Å². The summed E-state index contributed by atoms with van der Waals surface area (Å²) in [5.41, 5.74) is -1.48. The van der Waals surface area contributed by atoms with Crippen molar-refractivity contribution in [2.45, 2.75) is 55.2 Å². The zero-order valence-corrected chi connectivity index (χ0v) is 24.3. The number of nitrogens with one attached hydrogen (secondary N) is 1. The van der Waals surface area contributed by atoms with E-state index in [-0.39, 0.29) is 5.56 Å². The Morgan fingerprint density at radius 2 is 1.52 bits per heavy atom. The number of aliphatic hydroxyl groups is 6. The molecule has 9 N–H and O–H groups in total. The molecule has 0 amide bonds. The molecule has 1 aromatic heterocycles. The van der Waals surface area contributed by atoms with Gasteiger partial charge in [0, 0.05) is 6.20 Å². The fraction of sp³-hybridized carbons (Fsp3) is 0.545. The monoisotopic (exact) mass is 672 g/mol. The maximum atomic E-state index is 12.5. The number of phosphoric ester groups is 2. The highest BCUT2D eigenvalue weighted by atomic mass is 31.3. The Hall–Kier alpha value is -2.36. The number of ether oxygens (including phenoxy) is 3. The fourth-order valence-corrected chi connectivity index (χ4v) is 6.53. The molecular formula is C22H30N2O18P2. The number of aliphatic hydroxyl groups excluding tert-OH is 6. The zero-order valence-electron chi connectivity index (χ0n) is 22.5. The van der Waals surface area contributed by atoms with E-state index < -0.39 is 95.4 Å². The second-order valence-electron chi connectivity index (χ2n) is 9.60. The van der Waals surface area contributed by atoms with Crippen molar-refractivity contribution >= 4 is 15.6 Å². The number of rotatable bonds is 11. The van der Waals surface area contributed by atoms with Crippen LogP contribution in [0.25, 0.3) is 11.1 Å². The minimum Gasteiger partial charge on any atom is -0.497 e. The number of aromatic amines is 1. The van der Waals surface area contributed by atoms with Crippen molar-refractivity contribution in [2.75, 3.05) is 20.3 Å². The minimum absolute atomic E-state index is 0.0244. The van der Waals surface area contributed by atoms with Crippen LogP contribution in [0.4, 0.5) is 0 Å². The highest BCUT2D eigenvalue weighted by Crippen LogP contribution is 2.61. The Morgan fingerprint density at radius 3 is 2.14 bits per heavy atom. The lowest BCUT2D eigenvalue weighted by molar-refractivity contribution is -0.280. The summed E-state index contributed by atoms with van der Waals surface area (Å²) in [6, 6.07) is 6.15. The van der Waals surface area contributed by atoms with Gasteiger partial charge in [0.1, 0.15) is 48.5 Å². The molecule has 44 heavy (non-hydrogen) atoms. The first kappa shape index (κ1) is 34.5. The quantitative estimate of drug-likeness (QED) is 0.107. The summed E-state index contributed by atoms with van der Waals surface area (Å²) < 4.78 is 54.1. The predicted molar refractivity (Wildman–Crippen MR) is 141 cm³/mol. The lowest BCUT2D eigenvalue weighted by atomic mass is 10.00. The molecule has 0 aliphatic carbocycles. The van der Waals surface area contributed by atoms with E-state index in [1.165, 1.54) is 19.2 Å². The number of phosphoric acid groups is 2. The number of methoxy groups -OCH3 is 1. The summed E-state index contributed by atoms with van der Waals surface area (Å²) in [6.45, 7) is -1.97. The van der Waals surface area contributed by atoms with Gasteiger partial charge < -0.3 is 54.6 Å². The van der Waals surface area contributed by atoms with E-state index in [2.05, 4.69) is 18.3 Å². The van der Waals surface area contributed by atoms with Crippen LogP contribution >= 0.6 is 15.6 Å². The number of aromatic nitrogens is 2. The fourth-order valence-electron chi connectivity index (χ4n) is 4.37. The second-order valence-corrected chi connectivity index (χ2v) is 12.6. The van der Waals surface area contributed by atoms with Gasteiger partial charge in [-0.3, -0.25) is 23.4 Å². The summed E-state index contributed by atoms with van der Waals surface area (Å²) >= 11 is 0. The highest BCUT2D eigenvalue weighted by molar-refractivity contribution is 7.61. The summed E-state index contributed by atoms with van der Waals surface area (Å²) in [4.78, 5) is 46.9. The molecule has 4 rings (SSSR count). The number of hydrogen-bond donors (Lipinski definition) is 9. The Balaban J connectivity index is 1.43. The largest absolute Gasteiger partial charge is 0.497 e. The van der Waals surface area contributed by atoms with Crippen molar-refractivity contribution in [2.24, 2.45) is 0 Å². The van der Waals surface area contributed by atoms with Crippen LogP contribution in [0.15, 0.2) is 40.1 Å². The van der Waals surface area contributed by atoms with Crippen molar-refractivity contribution < 1.29 is 77.1 Å². The van der Waals surface area contributed by atoms with Crippen LogP contribution in [0.2, 0.25) is 0 Å². The van der Waals surface area contributed by atoms with Crippen LogP contribution in [0.3, 0.4) is 0 Å². The van der Waals surface area contributed by atoms with Gasteiger partial charge in [-0.15, -0.1) is 0 Å². The zero-order chi connectivity index (χ0) is 32.6. The average molecular weight is 672 g/mol. The maximum Gasteiger partial charge on any atom is 0.483 e. The molecule has 4 unspecified atom stereocenters. The first-order chi connectivity index (χ1) is 20.6. The van der Waals surface area contributed by atoms with Gasteiger partial charge in [0.2, 0.25) is 0 Å². The standard InChI is InChI=1S/C22H30N2O18P2/c1-37-10-4-2-9(3-5-10)11-6-24(22(32)23-19(11)31)20-17(29)15(27)13(39-20)8-38-43(33,34)42-44(35,36)41-21-18(30)16(28)14(26)12(7-25)40-21/h2-6,12-18,20-21,25-30H,7-8H2,1H3,(H,33,34)(H,35,36)(H,23,31,32)/t12-,13?,14+,15+,16+,17?,18-,20-,21-/m1/s1. The normalized spacial score (nSPS) is 33.4. The molecular weight excluding hydrogens is 642 g/mol. The third kappa shape index (κ3) is 7.53. The first-order valence-electron chi connectivity index (χ1n) is 12.6. The molecule has 0 saturated carbocycles. The summed E-state index contributed by atoms with van der Waals surface area (Å²) in [6.07, 6.45) is -15.7. The third-order valence-corrected chi connectivity index (χ3v) is 9.27. The van der Waals surface area contributed by atoms with Gasteiger partial charge >= 0.3 is 21.3 Å². The van der Waals surface area contributed by atoms with Crippen molar-refractivity contribution in [3.63, 3.8) is 0 Å². The molecule has 22 heteroatoms. The molecule has 11 atom stereocenters. The van der Waals surface area contributed by atoms with E-state index >= 15 is 0 Å². The van der Waals surface area contributed by atoms with Crippen molar-refractivity contribution in [1.29, 1.82) is 0 Å². The first-order valence-corrected chi connectivity index (χ1v) is 15.6. The third-order valence-electron chi connectivity index (χ3n) is 6.67. The van der Waals surface area contributed by atoms with E-state index in [1.807, 2.05) is 0 Å². The molecule has 2 fully saturated rings. The molecule has 2 aliphatic rings. The Labute approximate surface area is 246 Å². The molecule has 0 radical (unpaired) electrons. The van der Waals surface area contributed by atoms with E-state index in [1.54, 1.807) is 12.1 Å². The van der Waals surface area contributed by atoms with Crippen molar-refractivity contribution in [1.82, 2.24) is 9.55 Å². The smallest absolute Gasteiger partial charge is 0.483 e. The second kappa shape index (κ2) is 13.6. The van der Waals surface area contributed by atoms with Crippen LogP contribution in [0, 0.1) is 0 Å². The van der Waals surface area contributed by atoms with Crippen LogP contribution in [0.5, 0.6) is 5.75 Å². The highest BCUT2D eigenvalue weighted by Gasteiger charge is 2.49. The predicted octanol–water partition coefficient (Wildman–Crippen LogP) is -3.12. The van der Waals surface area contributed by atoms with Crippen LogP contribution in [0.1, 0.15) is 6.23 Å². The van der Waals surface area contributed by atoms with E-state index in [0.29, 0.717) is 11.3 Å². The minimum atomic E-state index is -5.64. The number of H-pyrrole nitrogens is 1. The van der Waals surface area contributed by atoms with Crippen molar-refractivity contribution in [3.8, 4) is 16.9 Å². The lowest BCUT2D eigenvalue weighted by Crippen LogP contribution is -2.58. The van der Waals surface area contributed by atoms with Gasteiger partial charge in [0.05, 0.1) is 25.9 Å².